The lowest BCUT2D eigenvalue weighted by Crippen LogP contribution is -2.54. The zero-order valence-corrected chi connectivity index (χ0v) is 77.0. The van der Waals surface area contributed by atoms with Gasteiger partial charge < -0.3 is 70.8 Å². The highest BCUT2D eigenvalue weighted by molar-refractivity contribution is 8.93. The van der Waals surface area contributed by atoms with Gasteiger partial charge >= 0.3 is 11.9 Å². The van der Waals surface area contributed by atoms with Gasteiger partial charge in [0.05, 0.1) is 94.8 Å². The lowest BCUT2D eigenvalue weighted by molar-refractivity contribution is -0.177. The van der Waals surface area contributed by atoms with E-state index in [1.807, 2.05) is 61.4 Å². The van der Waals surface area contributed by atoms with Crippen molar-refractivity contribution in [2.45, 2.75) is 255 Å². The molecule has 0 bridgehead atoms. The molecular weight excluding hydrogens is 1960 g/mol. The molecule has 134 heavy (non-hydrogen) atoms. The van der Waals surface area contributed by atoms with Crippen LogP contribution in [0.3, 0.4) is 0 Å². The Bertz CT molecular complexity index is 4790. The van der Waals surface area contributed by atoms with E-state index in [2.05, 4.69) is 43.2 Å². The third-order valence-corrected chi connectivity index (χ3v) is 29.5. The Labute approximate surface area is 831 Å². The number of ether oxygens (including phenoxy) is 2. The second-order valence-corrected chi connectivity index (χ2v) is 39.5. The summed E-state index contributed by atoms with van der Waals surface area (Å²) in [4.78, 5) is 108. The van der Waals surface area contributed by atoms with E-state index in [1.54, 1.807) is 84.2 Å². The number of carbonyl (C=O) groups excluding carboxylic acids is 7. The molecule has 0 saturated carbocycles. The second kappa shape index (κ2) is 61.7. The van der Waals surface area contributed by atoms with E-state index in [0.29, 0.717) is 120 Å². The van der Waals surface area contributed by atoms with Gasteiger partial charge in [0.15, 0.2) is 12.2 Å². The van der Waals surface area contributed by atoms with Crippen LogP contribution in [-0.4, -0.2) is 300 Å². The monoisotopic (exact) mass is 2110 g/mol. The van der Waals surface area contributed by atoms with Crippen molar-refractivity contribution in [3.8, 4) is 12.1 Å². The number of ketones is 1. The van der Waals surface area contributed by atoms with Gasteiger partial charge in [0.25, 0.3) is 23.6 Å². The summed E-state index contributed by atoms with van der Waals surface area (Å²) in [5.41, 5.74) is 3.94. The lowest BCUT2D eigenvalue weighted by Gasteiger charge is -2.34. The summed E-state index contributed by atoms with van der Waals surface area (Å²) >= 11 is 5.11. The number of aliphatic imine (C=N–C) groups is 3. The molecule has 0 radical (unpaired) electrons. The predicted molar refractivity (Wildman–Crippen MR) is 550 cm³/mol. The number of thioether (sulfide) groups is 3. The normalized spacial score (nSPS) is 21.8. The maximum absolute atomic E-state index is 13.5. The molecule has 15 rings (SSSR count). The van der Waals surface area contributed by atoms with Crippen molar-refractivity contribution in [2.24, 2.45) is 26.8 Å². The SMILES string of the molecule is Br.Br.C.C.C.C.C.C.C.C.C.C.C.CC(=O)O[C@@H](C(=O)NCC1CCN(c2ccc(F)cc2C#N)CC1)[C@@H](OC(C)=O)C(=O)N1CC2N=C(C)SC2C1.CC1=NC2CN(C(=O)[C@H](O)[C@@H](O)C(=O)NCC3CCN(c4ccc(F)cc4C#N)CC3)CC2S1.CC1=NC2CNCC2S1.Cc1ccc(S(=O)(=O)N2CCC(=O)C2)cc1.Cc1ccc(S(=O)(=O)N2CC[C@@H](O)C2)cc1.O[C@@H]1CCNC1. The van der Waals surface area contributed by atoms with Gasteiger partial charge in [-0.2, -0.15) is 19.1 Å². The molecule has 6 unspecified atom stereocenters. The summed E-state index contributed by atoms with van der Waals surface area (Å²) in [6.07, 6.45) is -2.93. The van der Waals surface area contributed by atoms with E-state index in [1.165, 1.54) is 47.7 Å². The molecule has 0 aromatic heterocycles. The number of Topliss-reactive ketones (excluding diaryl/α,β-unsaturated/α-hetero) is 1. The summed E-state index contributed by atoms with van der Waals surface area (Å²) < 4.78 is 88.3. The van der Waals surface area contributed by atoms with Gasteiger partial charge in [0.2, 0.25) is 32.3 Å². The van der Waals surface area contributed by atoms with Crippen LogP contribution in [0.4, 0.5) is 20.2 Å². The number of anilines is 2. The van der Waals surface area contributed by atoms with Crippen LogP contribution in [0.1, 0.15) is 184 Å². The summed E-state index contributed by atoms with van der Waals surface area (Å²) in [6, 6.07) is 26.3. The van der Waals surface area contributed by atoms with Crippen LogP contribution in [0.2, 0.25) is 0 Å². The highest BCUT2D eigenvalue weighted by atomic mass is 79.9. The zero-order valence-electron chi connectivity index (χ0n) is 69.5. The molecule has 8 fully saturated rings. The van der Waals surface area contributed by atoms with E-state index in [-0.39, 0.29) is 198 Å². The Hall–Kier alpha value is -7.59. The molecule has 12 atom stereocenters. The summed E-state index contributed by atoms with van der Waals surface area (Å²) in [7, 11) is -6.89. The Balaban J connectivity index is -0.000000808. The second-order valence-electron chi connectivity index (χ2n) is 31.3. The topological polar surface area (TPSA) is 439 Å². The number of likely N-dealkylation sites (tertiary alicyclic amines) is 2. The number of nitrogens with one attached hydrogen (secondary N) is 4. The van der Waals surface area contributed by atoms with E-state index in [4.69, 9.17) is 14.6 Å². The molecule has 8 saturated heterocycles. The minimum atomic E-state index is -3.48. The van der Waals surface area contributed by atoms with E-state index < -0.39 is 97.8 Å². The van der Waals surface area contributed by atoms with E-state index in [9.17, 15) is 85.0 Å². The molecule has 32 nitrogen and oxygen atoms in total. The van der Waals surface area contributed by atoms with E-state index in [0.717, 1.165) is 85.8 Å². The Morgan fingerprint density at radius 1 is 0.500 bits per heavy atom. The van der Waals surface area contributed by atoms with Gasteiger partial charge in [-0.05, 0) is 152 Å². The first kappa shape index (κ1) is 133. The van der Waals surface area contributed by atoms with Crippen molar-refractivity contribution in [3.63, 3.8) is 0 Å². The molecule has 4 aromatic rings. The van der Waals surface area contributed by atoms with Crippen molar-refractivity contribution in [2.75, 3.05) is 128 Å². The highest BCUT2D eigenvalue weighted by Gasteiger charge is 2.48. The average Bonchev–Trinajstić information content (AvgIpc) is 1.66. The number of piperidine rings is 2. The number of aliphatic hydroxyl groups excluding tert-OH is 4. The molecule has 11 aliphatic rings. The first-order valence-corrected chi connectivity index (χ1v) is 45.9. The van der Waals surface area contributed by atoms with E-state index >= 15 is 0 Å². The molecule has 4 amide bonds. The number of hydrogen-bond acceptors (Lipinski definition) is 29. The van der Waals surface area contributed by atoms with Gasteiger partial charge in [-0.15, -0.1) is 69.2 Å². The van der Waals surface area contributed by atoms with Crippen LogP contribution >= 0.6 is 69.2 Å². The number of nitrogens with zero attached hydrogens (tertiary/aromatic N) is 11. The van der Waals surface area contributed by atoms with Crippen LogP contribution in [0.25, 0.3) is 0 Å². The third-order valence-electron chi connectivity index (χ3n) is 22.1. The first-order valence-electron chi connectivity index (χ1n) is 40.4. The highest BCUT2D eigenvalue weighted by Crippen LogP contribution is 2.37. The summed E-state index contributed by atoms with van der Waals surface area (Å²) in [5, 5.41) is 73.1. The minimum Gasteiger partial charge on any atom is -0.448 e. The number of fused-ring (bicyclic) bond motifs is 3. The molecule has 760 valence electrons. The largest absolute Gasteiger partial charge is 0.448 e. The molecule has 0 spiro atoms. The smallest absolute Gasteiger partial charge is 0.303 e. The van der Waals surface area contributed by atoms with Gasteiger partial charge in [-0.1, -0.05) is 117 Å². The average molecular weight is 2110 g/mol. The fourth-order valence-electron chi connectivity index (χ4n) is 15.5. The number of benzene rings is 4. The van der Waals surface area contributed by atoms with Crippen molar-refractivity contribution < 1.29 is 89.1 Å². The van der Waals surface area contributed by atoms with Crippen LogP contribution in [0, 0.1) is 60.0 Å². The first-order chi connectivity index (χ1) is 57.6. The molecule has 8 N–H and O–H groups in total. The minimum absolute atomic E-state index is 0. The predicted octanol–water partition coefficient (Wildman–Crippen LogP) is 11.8. The number of halogens is 4. The number of esters is 2. The zero-order chi connectivity index (χ0) is 87.6. The number of aliphatic hydroxyl groups is 4. The quantitative estimate of drug-likeness (QED) is 0.0429. The third kappa shape index (κ3) is 36.6. The lowest BCUT2D eigenvalue weighted by atomic mass is 9.95. The fraction of sp³-hybridized carbons (Fsp3) is 0.613. The van der Waals surface area contributed by atoms with Crippen LogP contribution < -0.4 is 31.1 Å². The Morgan fingerprint density at radius 2 is 0.918 bits per heavy atom. The van der Waals surface area contributed by atoms with Crippen molar-refractivity contribution in [1.82, 2.24) is 39.7 Å². The number of aryl methyl sites for hydroxylation is 2. The molecule has 0 aliphatic carbocycles. The number of β-amino-alcohol motifs (C(OH)–C–C–N with tert-alkyl or cyclic N) is 2. The summed E-state index contributed by atoms with van der Waals surface area (Å²) in [6.45, 7) is 21.5. The van der Waals surface area contributed by atoms with Crippen LogP contribution in [0.15, 0.2) is 110 Å². The van der Waals surface area contributed by atoms with Crippen molar-refractivity contribution >= 4 is 157 Å². The number of amides is 4. The molecule has 11 heterocycles. The maximum atomic E-state index is 13.5. The standard InChI is InChI=1S/C27H32FN5O6S.C23H28FN5O4S.C11H15NO3S.C11H13NO3S.C6H10N2S.C4H9NO.11CH4.2BrH/c1-15-31-21-13-33(14-23(21)40-15)27(37)25(39-17(3)35)24(38-16(2)34)26(36)30-12-18-6-8-32(9-7-18)22-5-4-20(28)10-19(22)11-29;1-13-27-17-11-29(12-19(17)34-13)23(33)21(31)20(30)22(32)26-10-14-4-6-28(7-5-14)18-3-2-16(24)8-15(18)9-25;2*1-9-2-4-11(5-3-9)16(14,15)12-7-6-10(13)8-12;1-4-8-5-2-7-3-6(5)9-4;6-4-1-2-5-3-4;;;;;;;;;;;;;/h4-5,10,18,21,23-25H,6-9,12-14H2,1-3H3,(H,30,36);2-3,8,14,17,19-21,30-31H,4-7,10-12H2,1H3,(H,26,32);2-5,10,13H,6-8H2,1H3;2-5H,6-8H2,1H3;5-7H,2-3H2,1H3;4-6H,1-3H2;11*1H4;2*1H/t21?,23?,24-,25-;17?,19?,20-,21-;10-;;;4-;;;;;;;;;;;;;/m111..1............./s1. The summed E-state index contributed by atoms with van der Waals surface area (Å²) in [5.74, 6) is -5.08. The van der Waals surface area contributed by atoms with Gasteiger partial charge in [-0.25, -0.2) is 25.6 Å². The number of sulfonamides is 2. The van der Waals surface area contributed by atoms with Crippen LogP contribution in [-0.2, 0) is 63.1 Å². The Morgan fingerprint density at radius 3 is 1.29 bits per heavy atom. The molecule has 11 aliphatic heterocycles. The number of hydrogen-bond donors (Lipinski definition) is 8. The Kier molecular flexibility index (Phi) is 61.1. The molecular formula is C93H153Br2F2N15O17S5. The van der Waals surface area contributed by atoms with Gasteiger partial charge in [-0.3, -0.25) is 48.5 Å². The van der Waals surface area contributed by atoms with Crippen molar-refractivity contribution in [3.05, 3.63) is 119 Å². The number of nitriles is 2. The van der Waals surface area contributed by atoms with Gasteiger partial charge in [0.1, 0.15) is 29.6 Å². The maximum Gasteiger partial charge on any atom is 0.303 e. The molecule has 4 aromatic carbocycles. The number of carbonyl (C=O) groups is 7. The van der Waals surface area contributed by atoms with Crippen LogP contribution in [0.5, 0.6) is 0 Å². The van der Waals surface area contributed by atoms with Crippen molar-refractivity contribution in [1.29, 1.82) is 10.5 Å². The number of rotatable bonds is 18. The van der Waals surface area contributed by atoms with Gasteiger partial charge in [0, 0.05) is 130 Å². The molecule has 41 heteroatoms. The fourth-order valence-corrected chi connectivity index (χ4v) is 21.9.